The predicted molar refractivity (Wildman–Crippen MR) is 133 cm³/mol. The molecule has 152 valence electrons. The quantitative estimate of drug-likeness (QED) is 0.311. The van der Waals surface area contributed by atoms with Crippen LogP contribution in [-0.4, -0.2) is 0 Å². The summed E-state index contributed by atoms with van der Waals surface area (Å²) in [5.74, 6) is 1.06. The summed E-state index contributed by atoms with van der Waals surface area (Å²) < 4.78 is 0. The van der Waals surface area contributed by atoms with Gasteiger partial charge in [-0.1, -0.05) is 85.8 Å². The summed E-state index contributed by atoms with van der Waals surface area (Å²) in [6, 6.07) is 13.8. The number of nitrogen functional groups attached to an aromatic ring is 1. The molecule has 0 aromatic heterocycles. The largest absolute Gasteiger partial charge is 0.398 e. The van der Waals surface area contributed by atoms with Crippen LogP contribution in [0.5, 0.6) is 0 Å². The van der Waals surface area contributed by atoms with Crippen LogP contribution in [0.1, 0.15) is 25.0 Å². The van der Waals surface area contributed by atoms with E-state index in [2.05, 4.69) is 39.1 Å². The van der Waals surface area contributed by atoms with Crippen LogP contribution >= 0.6 is 35.0 Å². The van der Waals surface area contributed by atoms with Gasteiger partial charge in [0.2, 0.25) is 0 Å². The molecule has 4 heteroatoms. The first kappa shape index (κ1) is 23.4. The summed E-state index contributed by atoms with van der Waals surface area (Å²) in [5, 5.41) is 1.39. The summed E-state index contributed by atoms with van der Waals surface area (Å²) >= 11 is 14.3. The van der Waals surface area contributed by atoms with Gasteiger partial charge in [0.05, 0.1) is 10.7 Å². The number of hydrogen-bond donors (Lipinski definition) is 1. The van der Waals surface area contributed by atoms with Gasteiger partial charge in [-0.3, -0.25) is 0 Å². The minimum Gasteiger partial charge on any atom is -0.398 e. The Labute approximate surface area is 189 Å². The minimum absolute atomic E-state index is 0.245. The van der Waals surface area contributed by atoms with E-state index in [1.165, 1.54) is 4.91 Å². The molecule has 0 amide bonds. The van der Waals surface area contributed by atoms with E-state index in [1.807, 2.05) is 42.5 Å². The second kappa shape index (κ2) is 11.3. The lowest BCUT2D eigenvalue weighted by atomic mass is 9.89. The maximum absolute atomic E-state index is 6.30. The molecule has 0 bridgehead atoms. The molecule has 0 radical (unpaired) electrons. The average molecular weight is 444 g/mol. The van der Waals surface area contributed by atoms with E-state index < -0.39 is 0 Å². The van der Waals surface area contributed by atoms with E-state index >= 15 is 0 Å². The van der Waals surface area contributed by atoms with Crippen LogP contribution < -0.4 is 5.73 Å². The molecule has 2 N–H and O–H groups in total. The number of rotatable bonds is 9. The highest BCUT2D eigenvalue weighted by atomic mass is 35.5. The summed E-state index contributed by atoms with van der Waals surface area (Å²) in [4.78, 5) is 1.20. The van der Waals surface area contributed by atoms with Crippen molar-refractivity contribution in [3.05, 3.63) is 111 Å². The van der Waals surface area contributed by atoms with E-state index in [9.17, 15) is 0 Å². The van der Waals surface area contributed by atoms with Crippen LogP contribution in [0.3, 0.4) is 0 Å². The number of thioether (sulfide) groups is 1. The molecule has 0 aliphatic rings. The van der Waals surface area contributed by atoms with Gasteiger partial charge in [0, 0.05) is 10.8 Å². The third-order valence-corrected chi connectivity index (χ3v) is 6.53. The van der Waals surface area contributed by atoms with Crippen molar-refractivity contribution < 1.29 is 0 Å². The molecule has 0 heterocycles. The lowest BCUT2D eigenvalue weighted by molar-refractivity contribution is 0.690. The Morgan fingerprint density at radius 2 is 1.90 bits per heavy atom. The maximum Gasteiger partial charge on any atom is 0.0638 e. The van der Waals surface area contributed by atoms with Crippen LogP contribution in [0.2, 0.25) is 10.0 Å². The van der Waals surface area contributed by atoms with E-state index in [0.717, 1.165) is 39.5 Å². The Hall–Kier alpha value is -1.87. The molecular weight excluding hydrogens is 417 g/mol. The van der Waals surface area contributed by atoms with E-state index in [0.29, 0.717) is 10.7 Å². The summed E-state index contributed by atoms with van der Waals surface area (Å²) in [6.07, 6.45) is 6.65. The van der Waals surface area contributed by atoms with Gasteiger partial charge in [0.1, 0.15) is 0 Å². The van der Waals surface area contributed by atoms with Gasteiger partial charge in [0.15, 0.2) is 0 Å². The summed E-state index contributed by atoms with van der Waals surface area (Å²) in [5.41, 5.74) is 10.9. The number of nitrogens with two attached hydrogens (primary N) is 1. The zero-order chi connectivity index (χ0) is 21.4. The Balaban J connectivity index is 2.19. The molecule has 0 fully saturated rings. The number of hydrogen-bond acceptors (Lipinski definition) is 2. The Morgan fingerprint density at radius 1 is 1.17 bits per heavy atom. The Morgan fingerprint density at radius 3 is 2.55 bits per heavy atom. The highest BCUT2D eigenvalue weighted by Gasteiger charge is 2.14. The van der Waals surface area contributed by atoms with E-state index in [1.54, 1.807) is 17.8 Å². The maximum atomic E-state index is 6.30. The van der Waals surface area contributed by atoms with E-state index in [-0.39, 0.29) is 5.92 Å². The Kier molecular flexibility index (Phi) is 9.16. The van der Waals surface area contributed by atoms with Crippen molar-refractivity contribution >= 4 is 40.7 Å². The lowest BCUT2D eigenvalue weighted by Gasteiger charge is -2.19. The molecule has 29 heavy (non-hydrogen) atoms. The fourth-order valence-electron chi connectivity index (χ4n) is 2.93. The molecule has 2 rings (SSSR count). The molecule has 0 saturated heterocycles. The standard InChI is InChI=1S/C25H27Cl2NS/c1-5-6-10-22(19(4)29-16-21-9-7-8-11-23(21)26)18(3)17(2)14-20-12-13-25(28)24(27)15-20/h5-13,15,17H,1,3,14,16,28H2,2,4H3/b10-6-,22-19-. The molecule has 0 saturated carbocycles. The first-order valence-electron chi connectivity index (χ1n) is 9.42. The molecule has 0 spiro atoms. The van der Waals surface area contributed by atoms with Crippen molar-refractivity contribution in [1.29, 1.82) is 0 Å². The van der Waals surface area contributed by atoms with Gasteiger partial charge in [-0.05, 0) is 64.6 Å². The highest BCUT2D eigenvalue weighted by Crippen LogP contribution is 2.33. The van der Waals surface area contributed by atoms with Gasteiger partial charge < -0.3 is 5.73 Å². The fourth-order valence-corrected chi connectivity index (χ4v) is 4.40. The average Bonchev–Trinajstić information content (AvgIpc) is 2.70. The van der Waals surface area contributed by atoms with Crippen LogP contribution in [0.15, 0.2) is 89.9 Å². The van der Waals surface area contributed by atoms with Gasteiger partial charge in [-0.25, -0.2) is 0 Å². The zero-order valence-electron chi connectivity index (χ0n) is 16.9. The zero-order valence-corrected chi connectivity index (χ0v) is 19.2. The van der Waals surface area contributed by atoms with Crippen LogP contribution in [0.25, 0.3) is 0 Å². The first-order chi connectivity index (χ1) is 13.8. The molecule has 0 aliphatic heterocycles. The monoisotopic (exact) mass is 443 g/mol. The molecule has 1 unspecified atom stereocenters. The molecule has 1 nitrogen and oxygen atoms in total. The molecule has 2 aromatic rings. The van der Waals surface area contributed by atoms with E-state index in [4.69, 9.17) is 28.9 Å². The third kappa shape index (κ3) is 6.85. The predicted octanol–water partition coefficient (Wildman–Crippen LogP) is 8.26. The number of anilines is 1. The van der Waals surface area contributed by atoms with Crippen molar-refractivity contribution in [2.75, 3.05) is 5.73 Å². The number of benzene rings is 2. The molecule has 1 atom stereocenters. The van der Waals surface area contributed by atoms with Gasteiger partial charge >= 0.3 is 0 Å². The van der Waals surface area contributed by atoms with Crippen molar-refractivity contribution in [2.24, 2.45) is 5.92 Å². The Bertz CT molecular complexity index is 944. The fraction of sp³-hybridized carbons (Fsp3) is 0.200. The number of halogens is 2. The van der Waals surface area contributed by atoms with Crippen molar-refractivity contribution in [3.8, 4) is 0 Å². The van der Waals surface area contributed by atoms with Crippen LogP contribution in [0.4, 0.5) is 5.69 Å². The van der Waals surface area contributed by atoms with Gasteiger partial charge in [-0.15, -0.1) is 11.8 Å². The van der Waals surface area contributed by atoms with Crippen molar-refractivity contribution in [3.63, 3.8) is 0 Å². The highest BCUT2D eigenvalue weighted by molar-refractivity contribution is 8.02. The molecular formula is C25H27Cl2NS. The normalized spacial score (nSPS) is 13.2. The number of allylic oxidation sites excluding steroid dienone is 6. The van der Waals surface area contributed by atoms with Crippen molar-refractivity contribution in [2.45, 2.75) is 26.0 Å². The van der Waals surface area contributed by atoms with Crippen LogP contribution in [-0.2, 0) is 12.2 Å². The smallest absolute Gasteiger partial charge is 0.0638 e. The third-order valence-electron chi connectivity index (χ3n) is 4.73. The van der Waals surface area contributed by atoms with Crippen molar-refractivity contribution in [1.82, 2.24) is 0 Å². The summed E-state index contributed by atoms with van der Waals surface area (Å²) in [7, 11) is 0. The minimum atomic E-state index is 0.245. The first-order valence-corrected chi connectivity index (χ1v) is 11.2. The molecule has 0 aliphatic carbocycles. The van der Waals surface area contributed by atoms with Crippen LogP contribution in [0, 0.1) is 5.92 Å². The second-order valence-electron chi connectivity index (χ2n) is 6.93. The molecule has 2 aromatic carbocycles. The SMILES string of the molecule is C=C/C=C\C(C(=C)C(C)Cc1ccc(N)c(Cl)c1)=C(/C)SCc1ccccc1Cl. The summed E-state index contributed by atoms with van der Waals surface area (Å²) in [6.45, 7) is 12.5. The van der Waals surface area contributed by atoms with Gasteiger partial charge in [0.25, 0.3) is 0 Å². The lowest BCUT2D eigenvalue weighted by Crippen LogP contribution is -2.06. The second-order valence-corrected chi connectivity index (χ2v) is 8.94. The van der Waals surface area contributed by atoms with Gasteiger partial charge in [-0.2, -0.15) is 0 Å². The topological polar surface area (TPSA) is 26.0 Å².